The highest BCUT2D eigenvalue weighted by Crippen LogP contribution is 2.30. The van der Waals surface area contributed by atoms with Crippen molar-refractivity contribution in [2.45, 2.75) is 13.8 Å². The van der Waals surface area contributed by atoms with Gasteiger partial charge >= 0.3 is 5.97 Å². The molecule has 0 heterocycles. The molecule has 0 saturated heterocycles. The van der Waals surface area contributed by atoms with Gasteiger partial charge in [0.15, 0.2) is 17.2 Å². The Bertz CT molecular complexity index is 772. The summed E-state index contributed by atoms with van der Waals surface area (Å²) in [6.45, 7) is 4.86. The van der Waals surface area contributed by atoms with Crippen LogP contribution in [0.1, 0.15) is 19.4 Å². The van der Waals surface area contributed by atoms with Gasteiger partial charge in [-0.15, -0.1) is 0 Å². The summed E-state index contributed by atoms with van der Waals surface area (Å²) in [5.41, 5.74) is 0.779. The Hall–Kier alpha value is -2.17. The molecule has 0 bridgehead atoms. The minimum absolute atomic E-state index is 0.213. The van der Waals surface area contributed by atoms with Crippen LogP contribution in [-0.2, 0) is 4.79 Å². The molecule has 0 saturated carbocycles. The normalized spacial score (nSPS) is 10.7. The summed E-state index contributed by atoms with van der Waals surface area (Å²) in [6, 6.07) is 10.1. The van der Waals surface area contributed by atoms with E-state index >= 15 is 0 Å². The van der Waals surface area contributed by atoms with Crippen LogP contribution < -0.4 is 14.2 Å². The number of carbonyl (C=O) groups excluding carboxylic acids is 1. The summed E-state index contributed by atoms with van der Waals surface area (Å²) in [4.78, 5) is 12.0. The third kappa shape index (κ3) is 5.69. The maximum atomic E-state index is 12.0. The Labute approximate surface area is 156 Å². The molecule has 132 valence electrons. The van der Waals surface area contributed by atoms with E-state index in [2.05, 4.69) is 0 Å². The van der Waals surface area contributed by atoms with Crippen LogP contribution in [-0.4, -0.2) is 19.2 Å². The van der Waals surface area contributed by atoms with Gasteiger partial charge in [0.05, 0.1) is 18.2 Å². The lowest BCUT2D eigenvalue weighted by Crippen LogP contribution is -2.04. The Kier molecular flexibility index (Phi) is 7.16. The molecule has 0 amide bonds. The number of hydrogen-bond donors (Lipinski definition) is 0. The molecule has 0 aliphatic rings. The second-order valence-corrected chi connectivity index (χ2v) is 5.75. The summed E-state index contributed by atoms with van der Waals surface area (Å²) in [5, 5.41) is 0.745. The van der Waals surface area contributed by atoms with Crippen molar-refractivity contribution in [2.75, 3.05) is 13.2 Å². The van der Waals surface area contributed by atoms with E-state index in [1.165, 1.54) is 12.1 Å². The van der Waals surface area contributed by atoms with E-state index in [1.54, 1.807) is 30.3 Å². The van der Waals surface area contributed by atoms with Crippen molar-refractivity contribution in [2.24, 2.45) is 0 Å². The first-order chi connectivity index (χ1) is 12.0. The Morgan fingerprint density at radius 1 is 0.960 bits per heavy atom. The van der Waals surface area contributed by atoms with Crippen LogP contribution in [0.15, 0.2) is 42.5 Å². The fourth-order valence-corrected chi connectivity index (χ4v) is 2.35. The molecule has 4 nitrogen and oxygen atoms in total. The fraction of sp³-hybridized carbons (Fsp3) is 0.211. The Morgan fingerprint density at radius 2 is 1.68 bits per heavy atom. The number of ether oxygens (including phenoxy) is 3. The zero-order chi connectivity index (χ0) is 18.2. The van der Waals surface area contributed by atoms with Crippen molar-refractivity contribution in [3.8, 4) is 17.2 Å². The zero-order valence-electron chi connectivity index (χ0n) is 13.9. The maximum absolute atomic E-state index is 12.0. The van der Waals surface area contributed by atoms with Crippen molar-refractivity contribution in [1.82, 2.24) is 0 Å². The molecule has 2 aromatic carbocycles. The molecular formula is C19H18Cl2O4. The summed E-state index contributed by atoms with van der Waals surface area (Å²) < 4.78 is 16.2. The van der Waals surface area contributed by atoms with E-state index in [1.807, 2.05) is 19.9 Å². The van der Waals surface area contributed by atoms with Gasteiger partial charge < -0.3 is 14.2 Å². The average Bonchev–Trinajstić information content (AvgIpc) is 2.59. The standard InChI is InChI=1S/C19H18Cl2O4/c1-3-23-16-9-5-13(11-18(16)24-4-2)6-10-19(22)25-17-12-14(20)7-8-15(17)21/h5-12H,3-4H2,1-2H3/b10-6+. The first-order valence-electron chi connectivity index (χ1n) is 7.78. The summed E-state index contributed by atoms with van der Waals surface area (Å²) in [7, 11) is 0. The van der Waals surface area contributed by atoms with Gasteiger partial charge in [0.2, 0.25) is 0 Å². The van der Waals surface area contributed by atoms with E-state index in [0.717, 1.165) is 5.56 Å². The lowest BCUT2D eigenvalue weighted by atomic mass is 10.2. The van der Waals surface area contributed by atoms with Gasteiger partial charge in [-0.2, -0.15) is 0 Å². The van der Waals surface area contributed by atoms with Crippen LogP contribution in [0.5, 0.6) is 17.2 Å². The molecule has 25 heavy (non-hydrogen) atoms. The lowest BCUT2D eigenvalue weighted by Gasteiger charge is -2.11. The smallest absolute Gasteiger partial charge is 0.336 e. The number of halogens is 2. The second kappa shape index (κ2) is 9.35. The molecule has 2 aromatic rings. The van der Waals surface area contributed by atoms with Gasteiger partial charge in [-0.25, -0.2) is 4.79 Å². The highest BCUT2D eigenvalue weighted by atomic mass is 35.5. The summed E-state index contributed by atoms with van der Waals surface area (Å²) in [5.74, 6) is 0.939. The van der Waals surface area contributed by atoms with Crippen LogP contribution >= 0.6 is 23.2 Å². The van der Waals surface area contributed by atoms with Crippen molar-refractivity contribution in [1.29, 1.82) is 0 Å². The van der Waals surface area contributed by atoms with Gasteiger partial charge in [0.25, 0.3) is 0 Å². The van der Waals surface area contributed by atoms with Gasteiger partial charge in [0.1, 0.15) is 0 Å². The number of hydrogen-bond acceptors (Lipinski definition) is 4. The summed E-state index contributed by atoms with van der Waals surface area (Å²) >= 11 is 11.8. The quantitative estimate of drug-likeness (QED) is 0.366. The van der Waals surface area contributed by atoms with Crippen LogP contribution in [0.2, 0.25) is 10.0 Å². The second-order valence-electron chi connectivity index (χ2n) is 4.90. The molecule has 0 radical (unpaired) electrons. The molecule has 0 aliphatic heterocycles. The third-order valence-corrected chi connectivity index (χ3v) is 3.63. The van der Waals surface area contributed by atoms with Gasteiger partial charge in [-0.05, 0) is 49.8 Å². The Morgan fingerprint density at radius 3 is 2.40 bits per heavy atom. The lowest BCUT2D eigenvalue weighted by molar-refractivity contribution is -0.128. The number of carbonyl (C=O) groups is 1. The topological polar surface area (TPSA) is 44.8 Å². The van der Waals surface area contributed by atoms with E-state index < -0.39 is 5.97 Å². The average molecular weight is 381 g/mol. The van der Waals surface area contributed by atoms with E-state index in [9.17, 15) is 4.79 Å². The predicted molar refractivity (Wildman–Crippen MR) is 99.9 cm³/mol. The van der Waals surface area contributed by atoms with Gasteiger partial charge in [0, 0.05) is 17.2 Å². The van der Waals surface area contributed by atoms with E-state index in [0.29, 0.717) is 34.8 Å². The predicted octanol–water partition coefficient (Wildman–Crippen LogP) is 5.41. The molecule has 0 spiro atoms. The van der Waals surface area contributed by atoms with Crippen LogP contribution in [0, 0.1) is 0 Å². The third-order valence-electron chi connectivity index (χ3n) is 3.08. The molecule has 0 unspecified atom stereocenters. The number of rotatable bonds is 7. The van der Waals surface area contributed by atoms with Crippen LogP contribution in [0.4, 0.5) is 0 Å². The fourth-order valence-electron chi connectivity index (χ4n) is 2.03. The van der Waals surface area contributed by atoms with E-state index in [4.69, 9.17) is 37.4 Å². The van der Waals surface area contributed by atoms with Crippen LogP contribution in [0.25, 0.3) is 6.08 Å². The zero-order valence-corrected chi connectivity index (χ0v) is 15.4. The van der Waals surface area contributed by atoms with Gasteiger partial charge in [-0.3, -0.25) is 0 Å². The minimum atomic E-state index is -0.559. The van der Waals surface area contributed by atoms with Crippen LogP contribution in [0.3, 0.4) is 0 Å². The first-order valence-corrected chi connectivity index (χ1v) is 8.53. The van der Waals surface area contributed by atoms with Crippen molar-refractivity contribution < 1.29 is 19.0 Å². The SMILES string of the molecule is CCOc1ccc(/C=C/C(=O)Oc2cc(Cl)ccc2Cl)cc1OCC. The molecule has 0 aliphatic carbocycles. The highest BCUT2D eigenvalue weighted by Gasteiger charge is 2.08. The van der Waals surface area contributed by atoms with E-state index in [-0.39, 0.29) is 5.75 Å². The Balaban J connectivity index is 2.11. The monoisotopic (exact) mass is 380 g/mol. The first kappa shape index (κ1) is 19.2. The summed E-state index contributed by atoms with van der Waals surface area (Å²) in [6.07, 6.45) is 2.93. The van der Waals surface area contributed by atoms with Crippen molar-refractivity contribution in [3.63, 3.8) is 0 Å². The molecule has 0 N–H and O–H groups in total. The molecular weight excluding hydrogens is 363 g/mol. The minimum Gasteiger partial charge on any atom is -0.490 e. The number of benzene rings is 2. The molecule has 0 aromatic heterocycles. The maximum Gasteiger partial charge on any atom is 0.336 e. The molecule has 0 atom stereocenters. The molecule has 6 heteroatoms. The van der Waals surface area contributed by atoms with Gasteiger partial charge in [-0.1, -0.05) is 29.3 Å². The highest BCUT2D eigenvalue weighted by molar-refractivity contribution is 6.34. The van der Waals surface area contributed by atoms with Crippen molar-refractivity contribution >= 4 is 35.2 Å². The molecule has 0 fully saturated rings. The molecule has 2 rings (SSSR count). The largest absolute Gasteiger partial charge is 0.490 e. The van der Waals surface area contributed by atoms with Crippen molar-refractivity contribution in [3.05, 3.63) is 58.1 Å². The number of esters is 1.